The summed E-state index contributed by atoms with van der Waals surface area (Å²) in [5.74, 6) is 0.687. The number of nitrogens with one attached hydrogen (secondary N) is 2. The summed E-state index contributed by atoms with van der Waals surface area (Å²) < 4.78 is 41.2. The Labute approximate surface area is 310 Å². The molecule has 2 aromatic heterocycles. The predicted molar refractivity (Wildman–Crippen MR) is 205 cm³/mol. The van der Waals surface area contributed by atoms with Gasteiger partial charge in [-0.05, 0) is 121 Å². The van der Waals surface area contributed by atoms with E-state index in [9.17, 15) is 18.0 Å². The first kappa shape index (κ1) is 35.5. The van der Waals surface area contributed by atoms with E-state index < -0.39 is 21.7 Å². The highest BCUT2D eigenvalue weighted by Crippen LogP contribution is 2.31. The van der Waals surface area contributed by atoms with Gasteiger partial charge in [0.15, 0.2) is 7.91 Å². The quantitative estimate of drug-likeness (QED) is 0.103. The zero-order valence-corrected chi connectivity index (χ0v) is 30.9. The van der Waals surface area contributed by atoms with E-state index in [1.165, 1.54) is 48.5 Å². The van der Waals surface area contributed by atoms with Crippen LogP contribution in [0.4, 0.5) is 23.0 Å². The maximum absolute atomic E-state index is 13.4. The zero-order chi connectivity index (χ0) is 36.4. The normalized spacial score (nSPS) is 11.2. The molecule has 0 aliphatic carbocycles. The monoisotopic (exact) mass is 776 g/mol. The number of thiazole rings is 2. The molecule has 12 nitrogen and oxygen atoms in total. The maximum atomic E-state index is 13.4. The highest BCUT2D eigenvalue weighted by atomic mass is 32.2. The van der Waals surface area contributed by atoms with Crippen LogP contribution in [-0.2, 0) is 9.84 Å². The number of carbonyl (C=O) groups is 2. The number of aromatic nitrogens is 2. The van der Waals surface area contributed by atoms with Gasteiger partial charge in [0.1, 0.15) is 32.9 Å². The number of nitrogens with zero attached hydrogens (tertiary/aromatic N) is 2. The van der Waals surface area contributed by atoms with E-state index in [0.717, 1.165) is 22.7 Å². The lowest BCUT2D eigenvalue weighted by atomic mass is 10.3. The minimum Gasteiger partial charge on any atom is -0.497 e. The number of anilines is 4. The second-order valence-corrected chi connectivity index (χ2v) is 15.9. The van der Waals surface area contributed by atoms with Gasteiger partial charge in [0.05, 0.1) is 24.0 Å². The van der Waals surface area contributed by atoms with Crippen molar-refractivity contribution < 1.29 is 27.5 Å². The van der Waals surface area contributed by atoms with Crippen LogP contribution in [0, 0.1) is 7.91 Å². The van der Waals surface area contributed by atoms with Crippen LogP contribution in [0.15, 0.2) is 107 Å². The molecule has 0 aliphatic rings. The van der Waals surface area contributed by atoms with Gasteiger partial charge in [-0.2, -0.15) is 0 Å². The average molecular weight is 777 g/mol. The van der Waals surface area contributed by atoms with Crippen molar-refractivity contribution in [3.63, 3.8) is 0 Å². The van der Waals surface area contributed by atoms with Crippen LogP contribution in [0.25, 0.3) is 11.4 Å². The van der Waals surface area contributed by atoms with Crippen molar-refractivity contribution in [2.45, 2.75) is 9.79 Å². The number of methoxy groups -OCH3 is 2. The molecule has 0 fully saturated rings. The molecule has 260 valence electrons. The Morgan fingerprint density at radius 2 is 0.941 bits per heavy atom. The molecule has 17 heteroatoms. The van der Waals surface area contributed by atoms with Crippen LogP contribution < -0.4 is 31.6 Å². The van der Waals surface area contributed by atoms with E-state index in [1.807, 2.05) is 0 Å². The molecular weight excluding hydrogens is 749 g/mol. The summed E-state index contributed by atoms with van der Waals surface area (Å²) in [5.41, 5.74) is 14.7. The Balaban J connectivity index is 1.13. The van der Waals surface area contributed by atoms with Gasteiger partial charge in [-0.15, -0.1) is 0 Å². The number of nitrogens with two attached hydrogens (primary N) is 2. The minimum absolute atomic E-state index is 0.00512. The number of sulfone groups is 1. The van der Waals surface area contributed by atoms with Crippen molar-refractivity contribution in [1.82, 2.24) is 9.13 Å². The number of amides is 2. The molecule has 6 aromatic rings. The standard InChI is InChI=1S/C34H28N6O6S5/c1-45-23-11-7-21(8-12-23)39-29(35)27(49-33(39)47)31(41)37-19-3-15-25(16-4-19)51(43,44)26-17-5-20(6-18-26)38-32(42)28-30(36)40(34(48)50-28)22-9-13-24(46-2)14-10-22/h3-18H,35-36H2,1-2H3,(H,37,41)(H,38,42). The lowest BCUT2D eigenvalue weighted by Crippen LogP contribution is -2.14. The number of nitrogen functional groups attached to an aromatic ring is 2. The fourth-order valence-corrected chi connectivity index (χ4v) is 8.78. The first-order chi connectivity index (χ1) is 24.4. The summed E-state index contributed by atoms with van der Waals surface area (Å²) in [6.45, 7) is 0. The van der Waals surface area contributed by atoms with Gasteiger partial charge in [-0.3, -0.25) is 18.7 Å². The zero-order valence-electron chi connectivity index (χ0n) is 26.8. The molecular formula is C34H28N6O6S5. The Bertz CT molecular complexity index is 2320. The van der Waals surface area contributed by atoms with E-state index >= 15 is 0 Å². The summed E-state index contributed by atoms with van der Waals surface area (Å²) in [5, 5.41) is 5.49. The largest absolute Gasteiger partial charge is 0.497 e. The predicted octanol–water partition coefficient (Wildman–Crippen LogP) is 7.37. The van der Waals surface area contributed by atoms with E-state index in [4.69, 9.17) is 45.4 Å². The Kier molecular flexibility index (Phi) is 10.1. The summed E-state index contributed by atoms with van der Waals surface area (Å²) >= 11 is 13.0. The van der Waals surface area contributed by atoms with E-state index in [1.54, 1.807) is 71.9 Å². The third-order valence-electron chi connectivity index (χ3n) is 7.61. The molecule has 6 rings (SSSR count). The fraction of sp³-hybridized carbons (Fsp3) is 0.0588. The van der Waals surface area contributed by atoms with Crippen LogP contribution in [0.3, 0.4) is 0 Å². The minimum atomic E-state index is -3.94. The topological polar surface area (TPSA) is 173 Å². The van der Waals surface area contributed by atoms with Crippen molar-refractivity contribution in [3.8, 4) is 22.9 Å². The molecule has 0 saturated carbocycles. The summed E-state index contributed by atoms with van der Waals surface area (Å²) in [7, 11) is -0.813. The lowest BCUT2D eigenvalue weighted by molar-refractivity contribution is 0.102. The SMILES string of the molecule is COc1ccc(-n2c(N)c(C(=O)Nc3ccc(S(=O)(=O)c4ccc(NC(=O)c5sc(=S)n(-c6ccc(OC)cc6)c5N)cc4)cc3)sc2=S)cc1. The summed E-state index contributed by atoms with van der Waals surface area (Å²) in [6.07, 6.45) is 0. The average Bonchev–Trinajstić information content (AvgIpc) is 3.61. The number of hydrogen-bond acceptors (Lipinski definition) is 12. The van der Waals surface area contributed by atoms with Gasteiger partial charge in [-0.1, -0.05) is 22.7 Å². The van der Waals surface area contributed by atoms with Crippen molar-refractivity contribution in [2.75, 3.05) is 36.3 Å². The van der Waals surface area contributed by atoms with Gasteiger partial charge < -0.3 is 31.6 Å². The number of ether oxygens (including phenoxy) is 2. The molecule has 51 heavy (non-hydrogen) atoms. The van der Waals surface area contributed by atoms with Crippen LogP contribution in [0.2, 0.25) is 0 Å². The molecule has 0 spiro atoms. The Hall–Kier alpha value is -5.33. The molecule has 6 N–H and O–H groups in total. The van der Waals surface area contributed by atoms with Gasteiger partial charge in [0.2, 0.25) is 9.84 Å². The van der Waals surface area contributed by atoms with Gasteiger partial charge >= 0.3 is 0 Å². The third kappa shape index (κ3) is 7.15. The highest BCUT2D eigenvalue weighted by molar-refractivity contribution is 7.91. The second kappa shape index (κ2) is 14.5. The van der Waals surface area contributed by atoms with Crippen LogP contribution in [-0.4, -0.2) is 43.6 Å². The van der Waals surface area contributed by atoms with Crippen molar-refractivity contribution in [1.29, 1.82) is 0 Å². The van der Waals surface area contributed by atoms with Crippen molar-refractivity contribution in [2.24, 2.45) is 0 Å². The third-order valence-corrected chi connectivity index (χ3v) is 12.2. The van der Waals surface area contributed by atoms with E-state index in [-0.39, 0.29) is 31.2 Å². The lowest BCUT2D eigenvalue weighted by Gasteiger charge is -2.10. The number of carbonyl (C=O) groups excluding carboxylic acids is 2. The highest BCUT2D eigenvalue weighted by Gasteiger charge is 2.22. The van der Waals surface area contributed by atoms with E-state index in [2.05, 4.69) is 10.6 Å². The van der Waals surface area contributed by atoms with E-state index in [0.29, 0.717) is 42.2 Å². The first-order valence-corrected chi connectivity index (χ1v) is 18.7. The molecule has 0 atom stereocenters. The molecule has 2 amide bonds. The first-order valence-electron chi connectivity index (χ1n) is 14.8. The molecule has 0 unspecified atom stereocenters. The fourth-order valence-electron chi connectivity index (χ4n) is 4.99. The number of rotatable bonds is 10. The smallest absolute Gasteiger partial charge is 0.269 e. The summed E-state index contributed by atoms with van der Waals surface area (Å²) in [4.78, 5) is 26.7. The Morgan fingerprint density at radius 3 is 1.25 bits per heavy atom. The molecule has 2 heterocycles. The van der Waals surface area contributed by atoms with Crippen LogP contribution in [0.1, 0.15) is 19.3 Å². The Morgan fingerprint density at radius 1 is 0.608 bits per heavy atom. The molecule has 0 saturated heterocycles. The molecule has 0 radical (unpaired) electrons. The van der Waals surface area contributed by atoms with Gasteiger partial charge in [0, 0.05) is 22.7 Å². The van der Waals surface area contributed by atoms with Crippen molar-refractivity contribution in [3.05, 3.63) is 115 Å². The van der Waals surface area contributed by atoms with Gasteiger partial charge in [-0.25, -0.2) is 8.42 Å². The number of hydrogen-bond donors (Lipinski definition) is 4. The van der Waals surface area contributed by atoms with Gasteiger partial charge in [0.25, 0.3) is 11.8 Å². The van der Waals surface area contributed by atoms with Crippen LogP contribution in [0.5, 0.6) is 11.5 Å². The maximum Gasteiger partial charge on any atom is 0.269 e. The number of benzene rings is 4. The molecule has 0 bridgehead atoms. The van der Waals surface area contributed by atoms with Crippen LogP contribution >= 0.6 is 47.1 Å². The summed E-state index contributed by atoms with van der Waals surface area (Å²) in [6, 6.07) is 25.6. The molecule has 4 aromatic carbocycles. The second-order valence-electron chi connectivity index (χ2n) is 10.7. The van der Waals surface area contributed by atoms with Crippen molar-refractivity contribution >= 4 is 91.8 Å². The molecule has 0 aliphatic heterocycles.